The minimum Gasteiger partial charge on any atom is -0.497 e. The molecule has 8 nitrogen and oxygen atoms in total. The van der Waals surface area contributed by atoms with Crippen LogP contribution in [0.2, 0.25) is 0 Å². The van der Waals surface area contributed by atoms with E-state index in [2.05, 4.69) is 68.7 Å². The molecule has 1 fully saturated rings. The number of hydrogen-bond acceptors (Lipinski definition) is 6. The van der Waals surface area contributed by atoms with Crippen LogP contribution in [-0.2, 0) is 13.1 Å². The molecule has 1 atom stereocenters. The molecule has 2 heterocycles. The maximum Gasteiger partial charge on any atom is 0.253 e. The highest BCUT2D eigenvalue weighted by Crippen LogP contribution is 2.35. The van der Waals surface area contributed by atoms with Gasteiger partial charge in [-0.25, -0.2) is 4.68 Å². The minimum absolute atomic E-state index is 0.122. The van der Waals surface area contributed by atoms with Gasteiger partial charge in [0.2, 0.25) is 0 Å². The summed E-state index contributed by atoms with van der Waals surface area (Å²) in [5, 5.41) is 14.3. The number of rotatable bonds is 9. The zero-order valence-electron chi connectivity index (χ0n) is 23.9. The second kappa shape index (κ2) is 11.7. The zero-order chi connectivity index (χ0) is 28.3. The third-order valence-corrected chi connectivity index (χ3v) is 8.19. The van der Waals surface area contributed by atoms with Crippen molar-refractivity contribution in [2.75, 3.05) is 7.11 Å². The molecule has 0 saturated heterocycles. The van der Waals surface area contributed by atoms with Gasteiger partial charge in [-0.05, 0) is 83.5 Å². The standard InChI is InChI=1S/C33H36N6O2/c1-22-17-23(2)30-26(18-22)19-29(33(40)34-30)31(32-35-36-37-39(32)27-11-7-8-12-27)38(20-24-9-5-4-6-10-24)21-25-13-15-28(41-3)16-14-25/h4-6,9-10,13-19,27,31H,7-8,11-12,20-21H2,1-3H3,(H,34,40). The van der Waals surface area contributed by atoms with Crippen LogP contribution in [0.1, 0.15) is 71.4 Å². The average molecular weight is 549 g/mol. The molecule has 1 aliphatic rings. The summed E-state index contributed by atoms with van der Waals surface area (Å²) >= 11 is 0. The lowest BCUT2D eigenvalue weighted by Gasteiger charge is -2.32. The SMILES string of the molecule is COc1ccc(CN(Cc2ccccc2)C(c2cc3cc(C)cc(C)c3[nH]c2=O)c2nnnn2C2CCCC2)cc1. The van der Waals surface area contributed by atoms with Crippen LogP contribution in [0, 0.1) is 13.8 Å². The van der Waals surface area contributed by atoms with Gasteiger partial charge in [0.05, 0.1) is 18.7 Å². The van der Waals surface area contributed by atoms with Crippen LogP contribution in [0.4, 0.5) is 0 Å². The third kappa shape index (κ3) is 5.65. The number of hydrogen-bond donors (Lipinski definition) is 1. The molecule has 0 radical (unpaired) electrons. The Kier molecular flexibility index (Phi) is 7.65. The van der Waals surface area contributed by atoms with Gasteiger partial charge in [-0.1, -0.05) is 66.9 Å². The topological polar surface area (TPSA) is 88.9 Å². The van der Waals surface area contributed by atoms with E-state index < -0.39 is 6.04 Å². The molecule has 1 N–H and O–H groups in total. The number of aryl methyl sites for hydroxylation is 2. The third-order valence-electron chi connectivity index (χ3n) is 8.19. The number of aromatic nitrogens is 5. The van der Waals surface area contributed by atoms with E-state index in [0.717, 1.165) is 64.6 Å². The van der Waals surface area contributed by atoms with Crippen molar-refractivity contribution in [3.05, 3.63) is 117 Å². The Morgan fingerprint density at radius 1 is 0.976 bits per heavy atom. The van der Waals surface area contributed by atoms with Crippen LogP contribution < -0.4 is 10.3 Å². The molecule has 1 saturated carbocycles. The highest BCUT2D eigenvalue weighted by Gasteiger charge is 2.33. The van der Waals surface area contributed by atoms with Gasteiger partial charge >= 0.3 is 0 Å². The summed E-state index contributed by atoms with van der Waals surface area (Å²) in [6.07, 6.45) is 4.38. The number of pyridine rings is 1. The number of aromatic amines is 1. The van der Waals surface area contributed by atoms with E-state index in [9.17, 15) is 4.79 Å². The van der Waals surface area contributed by atoms with Gasteiger partial charge in [-0.2, -0.15) is 0 Å². The van der Waals surface area contributed by atoms with Crippen molar-refractivity contribution in [1.82, 2.24) is 30.1 Å². The minimum atomic E-state index is -0.470. The quantitative estimate of drug-likeness (QED) is 0.241. The first kappa shape index (κ1) is 26.9. The maximum absolute atomic E-state index is 14.0. The van der Waals surface area contributed by atoms with E-state index in [1.165, 1.54) is 0 Å². The Labute approximate surface area is 240 Å². The van der Waals surface area contributed by atoms with E-state index in [-0.39, 0.29) is 11.6 Å². The Balaban J connectivity index is 1.54. The van der Waals surface area contributed by atoms with E-state index in [4.69, 9.17) is 4.74 Å². The molecule has 41 heavy (non-hydrogen) atoms. The summed E-state index contributed by atoms with van der Waals surface area (Å²) in [6, 6.07) is 24.5. The summed E-state index contributed by atoms with van der Waals surface area (Å²) in [4.78, 5) is 19.5. The smallest absolute Gasteiger partial charge is 0.253 e. The largest absolute Gasteiger partial charge is 0.497 e. The number of nitrogens with zero attached hydrogens (tertiary/aromatic N) is 5. The second-order valence-corrected chi connectivity index (χ2v) is 11.2. The molecule has 2 aromatic heterocycles. The van der Waals surface area contributed by atoms with Gasteiger partial charge in [0.15, 0.2) is 5.82 Å². The molecule has 3 aromatic carbocycles. The van der Waals surface area contributed by atoms with Crippen LogP contribution in [0.15, 0.2) is 77.6 Å². The molecule has 1 aliphatic carbocycles. The van der Waals surface area contributed by atoms with Gasteiger partial charge in [0.25, 0.3) is 5.56 Å². The Bertz CT molecular complexity index is 1690. The lowest BCUT2D eigenvalue weighted by atomic mass is 9.99. The number of H-pyrrole nitrogens is 1. The molecule has 0 bridgehead atoms. The van der Waals surface area contributed by atoms with E-state index in [0.29, 0.717) is 24.5 Å². The number of ether oxygens (including phenoxy) is 1. The fourth-order valence-corrected chi connectivity index (χ4v) is 6.22. The van der Waals surface area contributed by atoms with Crippen LogP contribution in [0.5, 0.6) is 5.75 Å². The number of fused-ring (bicyclic) bond motifs is 1. The lowest BCUT2D eigenvalue weighted by Crippen LogP contribution is -2.35. The number of nitrogens with one attached hydrogen (secondary N) is 1. The van der Waals surface area contributed by atoms with Crippen LogP contribution in [0.25, 0.3) is 10.9 Å². The van der Waals surface area contributed by atoms with E-state index in [1.807, 2.05) is 48.0 Å². The molecule has 0 aliphatic heterocycles. The molecule has 0 amide bonds. The summed E-state index contributed by atoms with van der Waals surface area (Å²) in [7, 11) is 1.67. The Morgan fingerprint density at radius 3 is 2.39 bits per heavy atom. The molecule has 210 valence electrons. The Hall–Kier alpha value is -4.30. The summed E-state index contributed by atoms with van der Waals surface area (Å²) in [5.41, 5.74) is 5.84. The maximum atomic E-state index is 14.0. The van der Waals surface area contributed by atoms with Crippen molar-refractivity contribution in [3.8, 4) is 5.75 Å². The zero-order valence-corrected chi connectivity index (χ0v) is 23.9. The molecular formula is C33H36N6O2. The van der Waals surface area contributed by atoms with Crippen molar-refractivity contribution in [1.29, 1.82) is 0 Å². The van der Waals surface area contributed by atoms with Gasteiger partial charge in [-0.15, -0.1) is 5.10 Å². The number of tetrazole rings is 1. The molecule has 1 unspecified atom stereocenters. The molecule has 0 spiro atoms. The van der Waals surface area contributed by atoms with Crippen LogP contribution in [0.3, 0.4) is 0 Å². The van der Waals surface area contributed by atoms with Crippen molar-refractivity contribution in [3.63, 3.8) is 0 Å². The van der Waals surface area contributed by atoms with E-state index >= 15 is 0 Å². The highest BCUT2D eigenvalue weighted by atomic mass is 16.5. The van der Waals surface area contributed by atoms with Crippen molar-refractivity contribution in [2.45, 2.75) is 64.7 Å². The summed E-state index contributed by atoms with van der Waals surface area (Å²) in [5.74, 6) is 1.51. The Morgan fingerprint density at radius 2 is 1.68 bits per heavy atom. The van der Waals surface area contributed by atoms with Crippen molar-refractivity contribution in [2.24, 2.45) is 0 Å². The molecule has 8 heteroatoms. The van der Waals surface area contributed by atoms with Crippen molar-refractivity contribution >= 4 is 10.9 Å². The van der Waals surface area contributed by atoms with Crippen molar-refractivity contribution < 1.29 is 4.74 Å². The predicted molar refractivity (Wildman–Crippen MR) is 160 cm³/mol. The molecule has 5 aromatic rings. The first-order valence-electron chi connectivity index (χ1n) is 14.3. The molecular weight excluding hydrogens is 512 g/mol. The monoisotopic (exact) mass is 548 g/mol. The number of methoxy groups -OCH3 is 1. The van der Waals surface area contributed by atoms with Gasteiger partial charge < -0.3 is 9.72 Å². The number of benzene rings is 3. The average Bonchev–Trinajstić information content (AvgIpc) is 3.68. The van der Waals surface area contributed by atoms with Crippen LogP contribution >= 0.6 is 0 Å². The summed E-state index contributed by atoms with van der Waals surface area (Å²) in [6.45, 7) is 5.32. The van der Waals surface area contributed by atoms with E-state index in [1.54, 1.807) is 7.11 Å². The first-order valence-corrected chi connectivity index (χ1v) is 14.3. The fourth-order valence-electron chi connectivity index (χ4n) is 6.22. The fraction of sp³-hybridized carbons (Fsp3) is 0.333. The lowest BCUT2D eigenvalue weighted by molar-refractivity contribution is 0.190. The highest BCUT2D eigenvalue weighted by molar-refractivity contribution is 5.83. The van der Waals surface area contributed by atoms with Gasteiger partial charge in [0, 0.05) is 18.7 Å². The summed E-state index contributed by atoms with van der Waals surface area (Å²) < 4.78 is 7.39. The van der Waals surface area contributed by atoms with Gasteiger partial charge in [-0.3, -0.25) is 9.69 Å². The predicted octanol–water partition coefficient (Wildman–Crippen LogP) is 6.05. The first-order chi connectivity index (χ1) is 20.0. The molecule has 6 rings (SSSR count). The second-order valence-electron chi connectivity index (χ2n) is 11.2. The van der Waals surface area contributed by atoms with Crippen LogP contribution in [-0.4, -0.2) is 37.2 Å². The normalized spacial score (nSPS) is 14.6. The van der Waals surface area contributed by atoms with Gasteiger partial charge in [0.1, 0.15) is 11.8 Å².